The van der Waals surface area contributed by atoms with E-state index in [-0.39, 0.29) is 23.8 Å². The van der Waals surface area contributed by atoms with Gasteiger partial charge in [-0.05, 0) is 48.7 Å². The predicted octanol–water partition coefficient (Wildman–Crippen LogP) is 7.77. The van der Waals surface area contributed by atoms with Gasteiger partial charge in [-0.15, -0.1) is 0 Å². The summed E-state index contributed by atoms with van der Waals surface area (Å²) in [6, 6.07) is 10.3. The molecule has 35 heavy (non-hydrogen) atoms. The number of benzene rings is 2. The number of halogens is 1. The van der Waals surface area contributed by atoms with E-state index in [9.17, 15) is 14.0 Å². The normalized spacial score (nSPS) is 11.7. The minimum absolute atomic E-state index is 0.0148. The molecule has 0 radical (unpaired) electrons. The first-order chi connectivity index (χ1) is 16.9. The average Bonchev–Trinajstić information content (AvgIpc) is 2.86. The van der Waals surface area contributed by atoms with Crippen molar-refractivity contribution in [2.24, 2.45) is 5.92 Å². The van der Waals surface area contributed by atoms with E-state index < -0.39 is 17.8 Å². The van der Waals surface area contributed by atoms with Crippen LogP contribution in [0.4, 0.5) is 4.39 Å². The van der Waals surface area contributed by atoms with E-state index in [0.717, 1.165) is 25.3 Å². The molecule has 1 unspecified atom stereocenters. The third kappa shape index (κ3) is 10.5. The number of ether oxygens (including phenoxy) is 3. The van der Waals surface area contributed by atoms with Crippen molar-refractivity contribution in [3.63, 3.8) is 0 Å². The first-order valence-corrected chi connectivity index (χ1v) is 12.9. The highest BCUT2D eigenvalue weighted by molar-refractivity contribution is 5.92. The van der Waals surface area contributed by atoms with E-state index in [1.54, 1.807) is 24.3 Å². The summed E-state index contributed by atoms with van der Waals surface area (Å²) in [5, 5.41) is 0. The smallest absolute Gasteiger partial charge is 0.343 e. The molecule has 1 atom stereocenters. The molecule has 0 fully saturated rings. The standard InChI is InChI=1S/C29H39FO5/c1-4-6-7-8-9-10-11-12-19-33-24-15-13-23(14-16-24)28(31)35-25-17-18-26(27(30)20-25)29(32)34-21-22(3)5-2/h13-18,20,22H,4-12,19,21H2,1-3H3. The molecule has 0 aliphatic carbocycles. The van der Waals surface area contributed by atoms with E-state index in [1.807, 2.05) is 13.8 Å². The van der Waals surface area contributed by atoms with Crippen LogP contribution in [0.3, 0.4) is 0 Å². The lowest BCUT2D eigenvalue weighted by Crippen LogP contribution is -2.13. The molecule has 2 aromatic rings. The van der Waals surface area contributed by atoms with Crippen LogP contribution in [0.5, 0.6) is 11.5 Å². The molecule has 0 saturated carbocycles. The molecule has 0 N–H and O–H groups in total. The topological polar surface area (TPSA) is 61.8 Å². The van der Waals surface area contributed by atoms with Gasteiger partial charge in [-0.1, -0.05) is 72.1 Å². The Morgan fingerprint density at radius 2 is 1.46 bits per heavy atom. The third-order valence-electron chi connectivity index (χ3n) is 5.92. The van der Waals surface area contributed by atoms with E-state index in [2.05, 4.69) is 6.92 Å². The molecule has 0 aromatic heterocycles. The Bertz CT molecular complexity index is 910. The van der Waals surface area contributed by atoms with Crippen molar-refractivity contribution in [2.45, 2.75) is 78.6 Å². The van der Waals surface area contributed by atoms with Gasteiger partial charge >= 0.3 is 11.9 Å². The predicted molar refractivity (Wildman–Crippen MR) is 136 cm³/mol. The molecular weight excluding hydrogens is 447 g/mol. The molecule has 0 aliphatic rings. The van der Waals surface area contributed by atoms with Crippen LogP contribution in [0.15, 0.2) is 42.5 Å². The molecule has 0 aliphatic heterocycles. The second kappa shape index (κ2) is 15.9. The van der Waals surface area contributed by atoms with Crippen LogP contribution in [0.25, 0.3) is 0 Å². The lowest BCUT2D eigenvalue weighted by Gasteiger charge is -2.11. The summed E-state index contributed by atoms with van der Waals surface area (Å²) in [7, 11) is 0. The highest BCUT2D eigenvalue weighted by atomic mass is 19.1. The number of esters is 2. The Morgan fingerprint density at radius 1 is 0.829 bits per heavy atom. The lowest BCUT2D eigenvalue weighted by atomic mass is 10.1. The Labute approximate surface area is 209 Å². The van der Waals surface area contributed by atoms with Crippen LogP contribution < -0.4 is 9.47 Å². The lowest BCUT2D eigenvalue weighted by molar-refractivity contribution is 0.0442. The quantitative estimate of drug-likeness (QED) is 0.138. The molecule has 5 nitrogen and oxygen atoms in total. The summed E-state index contributed by atoms with van der Waals surface area (Å²) in [4.78, 5) is 24.5. The Morgan fingerprint density at radius 3 is 2.09 bits per heavy atom. The minimum atomic E-state index is -0.797. The highest BCUT2D eigenvalue weighted by Crippen LogP contribution is 2.20. The van der Waals surface area contributed by atoms with E-state index in [0.29, 0.717) is 17.9 Å². The molecule has 6 heteroatoms. The van der Waals surface area contributed by atoms with Gasteiger partial charge < -0.3 is 14.2 Å². The van der Waals surface area contributed by atoms with Crippen molar-refractivity contribution < 1.29 is 28.2 Å². The number of hydrogen-bond acceptors (Lipinski definition) is 5. The van der Waals surface area contributed by atoms with Gasteiger partial charge in [-0.25, -0.2) is 14.0 Å². The van der Waals surface area contributed by atoms with Crippen molar-refractivity contribution >= 4 is 11.9 Å². The summed E-state index contributed by atoms with van der Waals surface area (Å²) >= 11 is 0. The fourth-order valence-corrected chi connectivity index (χ4v) is 3.42. The second-order valence-corrected chi connectivity index (χ2v) is 8.99. The summed E-state index contributed by atoms with van der Waals surface area (Å²) in [5.74, 6) is -1.25. The van der Waals surface area contributed by atoms with Gasteiger partial charge in [0.25, 0.3) is 0 Å². The number of carbonyl (C=O) groups is 2. The van der Waals surface area contributed by atoms with Gasteiger partial charge in [0.15, 0.2) is 0 Å². The van der Waals surface area contributed by atoms with Crippen LogP contribution in [-0.4, -0.2) is 25.2 Å². The number of rotatable bonds is 16. The van der Waals surface area contributed by atoms with Crippen molar-refractivity contribution in [1.82, 2.24) is 0 Å². The first kappa shape index (κ1) is 28.3. The van der Waals surface area contributed by atoms with Gasteiger partial charge in [0, 0.05) is 6.07 Å². The van der Waals surface area contributed by atoms with E-state index in [1.165, 1.54) is 50.7 Å². The number of unbranched alkanes of at least 4 members (excludes halogenated alkanes) is 7. The third-order valence-corrected chi connectivity index (χ3v) is 5.92. The number of hydrogen-bond donors (Lipinski definition) is 0. The van der Waals surface area contributed by atoms with Gasteiger partial charge in [0.2, 0.25) is 0 Å². The van der Waals surface area contributed by atoms with Gasteiger partial charge in [-0.2, -0.15) is 0 Å². The molecule has 0 bridgehead atoms. The van der Waals surface area contributed by atoms with Crippen LogP contribution in [0, 0.1) is 11.7 Å². The number of carbonyl (C=O) groups excluding carboxylic acids is 2. The second-order valence-electron chi connectivity index (χ2n) is 8.99. The summed E-state index contributed by atoms with van der Waals surface area (Å²) in [5.41, 5.74) is 0.132. The summed E-state index contributed by atoms with van der Waals surface area (Å²) < 4.78 is 30.5. The largest absolute Gasteiger partial charge is 0.494 e. The SMILES string of the molecule is CCCCCCCCCCOc1ccc(C(=O)Oc2ccc(C(=O)OCC(C)CC)c(F)c2)cc1. The Kier molecular flexibility index (Phi) is 12.9. The van der Waals surface area contributed by atoms with Crippen LogP contribution >= 0.6 is 0 Å². The molecule has 0 heterocycles. The maximum Gasteiger partial charge on any atom is 0.343 e. The van der Waals surface area contributed by atoms with Crippen LogP contribution in [0.2, 0.25) is 0 Å². The molecule has 192 valence electrons. The van der Waals surface area contributed by atoms with Crippen molar-refractivity contribution in [3.05, 3.63) is 59.4 Å². The first-order valence-electron chi connectivity index (χ1n) is 12.9. The van der Waals surface area contributed by atoms with E-state index in [4.69, 9.17) is 14.2 Å². The molecular formula is C29H39FO5. The van der Waals surface area contributed by atoms with Gasteiger partial charge in [-0.3, -0.25) is 0 Å². The molecule has 2 rings (SSSR count). The van der Waals surface area contributed by atoms with Crippen molar-refractivity contribution in [2.75, 3.05) is 13.2 Å². The zero-order valence-corrected chi connectivity index (χ0v) is 21.3. The molecule has 2 aromatic carbocycles. The molecule has 0 saturated heterocycles. The zero-order chi connectivity index (χ0) is 25.5. The molecule has 0 amide bonds. The highest BCUT2D eigenvalue weighted by Gasteiger charge is 2.17. The van der Waals surface area contributed by atoms with E-state index >= 15 is 0 Å². The van der Waals surface area contributed by atoms with Crippen LogP contribution in [-0.2, 0) is 4.74 Å². The van der Waals surface area contributed by atoms with Crippen LogP contribution in [0.1, 0.15) is 99.3 Å². The monoisotopic (exact) mass is 486 g/mol. The Balaban J connectivity index is 1.76. The molecule has 0 spiro atoms. The maximum absolute atomic E-state index is 14.4. The fraction of sp³-hybridized carbons (Fsp3) is 0.517. The summed E-state index contributed by atoms with van der Waals surface area (Å²) in [6.07, 6.45) is 10.8. The maximum atomic E-state index is 14.4. The van der Waals surface area contributed by atoms with Crippen molar-refractivity contribution in [1.29, 1.82) is 0 Å². The van der Waals surface area contributed by atoms with Gasteiger partial charge in [0.1, 0.15) is 17.3 Å². The fourth-order valence-electron chi connectivity index (χ4n) is 3.42. The minimum Gasteiger partial charge on any atom is -0.494 e. The Hall–Kier alpha value is -2.89. The van der Waals surface area contributed by atoms with Crippen molar-refractivity contribution in [3.8, 4) is 11.5 Å². The summed E-state index contributed by atoms with van der Waals surface area (Å²) in [6.45, 7) is 7.03. The van der Waals surface area contributed by atoms with Gasteiger partial charge in [0.05, 0.1) is 24.3 Å². The average molecular weight is 487 g/mol. The zero-order valence-electron chi connectivity index (χ0n) is 21.3.